The molecule has 0 saturated carbocycles. The van der Waals surface area contributed by atoms with E-state index in [1.54, 1.807) is 23.1 Å². The highest BCUT2D eigenvalue weighted by Crippen LogP contribution is 2.29. The van der Waals surface area contributed by atoms with Crippen LogP contribution < -0.4 is 5.32 Å². The Morgan fingerprint density at radius 3 is 2.83 bits per heavy atom. The second-order valence-corrected chi connectivity index (χ2v) is 7.87. The minimum Gasteiger partial charge on any atom is -0.342 e. The number of hydrogen-bond acceptors (Lipinski definition) is 5. The second-order valence-electron chi connectivity index (χ2n) is 5.62. The Hall–Kier alpha value is -0.820. The molecule has 2 aromatic rings. The minimum atomic E-state index is 0. The Balaban J connectivity index is 0.00000192. The number of amides is 1. The molecule has 126 valence electrons. The highest BCUT2D eigenvalue weighted by atomic mass is 35.5. The molecule has 1 aromatic heterocycles. The average Bonchev–Trinajstić information content (AvgIpc) is 2.96. The molecule has 3 rings (SSSR count). The third-order valence-corrected chi connectivity index (χ3v) is 6.22. The molecule has 4 nitrogen and oxygen atoms in total. The Labute approximate surface area is 151 Å². The maximum atomic E-state index is 12.3. The molecule has 0 atom stereocenters. The van der Waals surface area contributed by atoms with Gasteiger partial charge in [-0.05, 0) is 44.5 Å². The molecule has 1 amide bonds. The smallest absolute Gasteiger partial charge is 0.233 e. The number of carbonyl (C=O) groups is 1. The fraction of sp³-hybridized carbons (Fsp3) is 0.500. The molecule has 0 spiro atoms. The molecule has 1 saturated heterocycles. The van der Waals surface area contributed by atoms with E-state index in [0.29, 0.717) is 11.7 Å². The lowest BCUT2D eigenvalue weighted by molar-refractivity contribution is -0.129. The van der Waals surface area contributed by atoms with Crippen molar-refractivity contribution in [1.82, 2.24) is 15.2 Å². The van der Waals surface area contributed by atoms with Crippen molar-refractivity contribution in [3.05, 3.63) is 24.3 Å². The summed E-state index contributed by atoms with van der Waals surface area (Å²) in [6.07, 6.45) is 2.22. The number of halogens is 1. The van der Waals surface area contributed by atoms with Crippen LogP contribution in [-0.4, -0.2) is 48.2 Å². The van der Waals surface area contributed by atoms with Crippen molar-refractivity contribution in [1.29, 1.82) is 0 Å². The maximum Gasteiger partial charge on any atom is 0.233 e. The normalized spacial score (nSPS) is 15.6. The highest BCUT2D eigenvalue weighted by molar-refractivity contribution is 8.01. The molecule has 1 aromatic carbocycles. The summed E-state index contributed by atoms with van der Waals surface area (Å²) < 4.78 is 2.17. The molecule has 7 heteroatoms. The van der Waals surface area contributed by atoms with E-state index in [1.807, 2.05) is 30.1 Å². The van der Waals surface area contributed by atoms with E-state index in [2.05, 4.69) is 16.4 Å². The first-order chi connectivity index (χ1) is 10.8. The highest BCUT2D eigenvalue weighted by Gasteiger charge is 2.22. The number of fused-ring (bicyclic) bond motifs is 1. The van der Waals surface area contributed by atoms with E-state index in [0.717, 1.165) is 42.3 Å². The molecule has 1 N–H and O–H groups in total. The summed E-state index contributed by atoms with van der Waals surface area (Å²) in [5.41, 5.74) is 1.02. The van der Waals surface area contributed by atoms with Crippen LogP contribution in [0.4, 0.5) is 0 Å². The van der Waals surface area contributed by atoms with Gasteiger partial charge in [-0.15, -0.1) is 23.7 Å². The third-order valence-electron chi connectivity index (χ3n) is 4.05. The van der Waals surface area contributed by atoms with Crippen LogP contribution in [0, 0.1) is 5.92 Å². The number of benzene rings is 1. The Morgan fingerprint density at radius 1 is 1.39 bits per heavy atom. The zero-order valence-electron chi connectivity index (χ0n) is 13.2. The van der Waals surface area contributed by atoms with E-state index >= 15 is 0 Å². The van der Waals surface area contributed by atoms with Crippen molar-refractivity contribution in [2.45, 2.75) is 17.2 Å². The first-order valence-corrected chi connectivity index (χ1v) is 9.47. The van der Waals surface area contributed by atoms with Crippen molar-refractivity contribution >= 4 is 51.6 Å². The largest absolute Gasteiger partial charge is 0.342 e. The average molecular weight is 372 g/mol. The Bertz CT molecular complexity index is 608. The van der Waals surface area contributed by atoms with Gasteiger partial charge in [0.05, 0.1) is 16.0 Å². The van der Waals surface area contributed by atoms with E-state index in [1.165, 1.54) is 4.70 Å². The lowest BCUT2D eigenvalue weighted by Gasteiger charge is -2.31. The molecule has 0 radical (unpaired) electrons. The lowest BCUT2D eigenvalue weighted by Crippen LogP contribution is -2.41. The van der Waals surface area contributed by atoms with Crippen LogP contribution in [0.25, 0.3) is 10.2 Å². The van der Waals surface area contributed by atoms with Crippen molar-refractivity contribution < 1.29 is 4.79 Å². The lowest BCUT2D eigenvalue weighted by atomic mass is 9.97. The summed E-state index contributed by atoms with van der Waals surface area (Å²) in [7, 11) is 1.99. The van der Waals surface area contributed by atoms with Crippen LogP contribution in [0.3, 0.4) is 0 Å². The number of thiazole rings is 1. The number of para-hydroxylation sites is 1. The number of nitrogens with one attached hydrogen (secondary N) is 1. The molecule has 0 aliphatic carbocycles. The van der Waals surface area contributed by atoms with E-state index in [4.69, 9.17) is 0 Å². The number of nitrogens with zero attached hydrogens (tertiary/aromatic N) is 2. The van der Waals surface area contributed by atoms with Gasteiger partial charge in [0.15, 0.2) is 4.34 Å². The summed E-state index contributed by atoms with van der Waals surface area (Å²) >= 11 is 3.23. The summed E-state index contributed by atoms with van der Waals surface area (Å²) in [5, 5.41) is 3.23. The molecular formula is C16H22ClN3OS2. The van der Waals surface area contributed by atoms with Gasteiger partial charge in [0, 0.05) is 13.1 Å². The fourth-order valence-electron chi connectivity index (χ4n) is 2.80. The predicted molar refractivity (Wildman–Crippen MR) is 101 cm³/mol. The first kappa shape index (κ1) is 18.5. The number of aromatic nitrogens is 1. The van der Waals surface area contributed by atoms with Crippen molar-refractivity contribution in [3.63, 3.8) is 0 Å². The number of hydrogen-bond donors (Lipinski definition) is 1. The van der Waals surface area contributed by atoms with Crippen LogP contribution >= 0.6 is 35.5 Å². The van der Waals surface area contributed by atoms with Crippen LogP contribution in [0.15, 0.2) is 28.6 Å². The summed E-state index contributed by atoms with van der Waals surface area (Å²) in [5.74, 6) is 1.45. The van der Waals surface area contributed by atoms with E-state index < -0.39 is 0 Å². The van der Waals surface area contributed by atoms with Crippen molar-refractivity contribution in [2.24, 2.45) is 5.92 Å². The van der Waals surface area contributed by atoms with Crippen LogP contribution in [0.2, 0.25) is 0 Å². The van der Waals surface area contributed by atoms with Crippen LogP contribution in [-0.2, 0) is 4.79 Å². The van der Waals surface area contributed by atoms with Gasteiger partial charge in [0.25, 0.3) is 0 Å². The first-order valence-electron chi connectivity index (χ1n) is 7.67. The molecule has 23 heavy (non-hydrogen) atoms. The molecule has 1 aliphatic heterocycles. The standard InChI is InChI=1S/C16H21N3OS2.ClH/c1-17-10-12-6-8-19(9-7-12)15(20)11-21-16-18-13-4-2-3-5-14(13)22-16;/h2-5,12,17H,6-11H2,1H3;1H. The van der Waals surface area contributed by atoms with Gasteiger partial charge in [0.2, 0.25) is 5.91 Å². The second kappa shape index (κ2) is 8.87. The van der Waals surface area contributed by atoms with Gasteiger partial charge in [-0.2, -0.15) is 0 Å². The summed E-state index contributed by atoms with van der Waals surface area (Å²) in [6.45, 7) is 2.85. The fourth-order valence-corrected chi connectivity index (χ4v) is 4.77. The Kier molecular flexibility index (Phi) is 7.14. The topological polar surface area (TPSA) is 45.2 Å². The van der Waals surface area contributed by atoms with Gasteiger partial charge in [0.1, 0.15) is 0 Å². The predicted octanol–water partition coefficient (Wildman–Crippen LogP) is 3.27. The SMILES string of the molecule is CNCC1CCN(C(=O)CSc2nc3ccccc3s2)CC1.Cl. The third kappa shape index (κ3) is 4.83. The number of likely N-dealkylation sites (tertiary alicyclic amines) is 1. The minimum absolute atomic E-state index is 0. The summed E-state index contributed by atoms with van der Waals surface area (Å²) in [4.78, 5) is 18.9. The van der Waals surface area contributed by atoms with Crippen molar-refractivity contribution in [2.75, 3.05) is 32.4 Å². The van der Waals surface area contributed by atoms with Gasteiger partial charge >= 0.3 is 0 Å². The number of carbonyl (C=O) groups excluding carboxylic acids is 1. The van der Waals surface area contributed by atoms with Crippen LogP contribution in [0.5, 0.6) is 0 Å². The van der Waals surface area contributed by atoms with Gasteiger partial charge < -0.3 is 10.2 Å². The maximum absolute atomic E-state index is 12.3. The number of rotatable bonds is 5. The van der Waals surface area contributed by atoms with Gasteiger partial charge in [-0.3, -0.25) is 4.79 Å². The molecule has 1 aliphatic rings. The Morgan fingerprint density at radius 2 is 2.13 bits per heavy atom. The number of piperidine rings is 1. The molecule has 1 fully saturated rings. The quantitative estimate of drug-likeness (QED) is 0.819. The van der Waals surface area contributed by atoms with E-state index in [9.17, 15) is 4.79 Å². The zero-order valence-corrected chi connectivity index (χ0v) is 15.6. The van der Waals surface area contributed by atoms with Crippen LogP contribution in [0.1, 0.15) is 12.8 Å². The zero-order chi connectivity index (χ0) is 15.4. The molecular weight excluding hydrogens is 350 g/mol. The molecule has 2 heterocycles. The van der Waals surface area contributed by atoms with E-state index in [-0.39, 0.29) is 18.3 Å². The number of thioether (sulfide) groups is 1. The van der Waals surface area contributed by atoms with Gasteiger partial charge in [-0.1, -0.05) is 23.9 Å². The monoisotopic (exact) mass is 371 g/mol. The molecule has 0 unspecified atom stereocenters. The van der Waals surface area contributed by atoms with Crippen molar-refractivity contribution in [3.8, 4) is 0 Å². The summed E-state index contributed by atoms with van der Waals surface area (Å²) in [6, 6.07) is 8.11. The van der Waals surface area contributed by atoms with Gasteiger partial charge in [-0.25, -0.2) is 4.98 Å². The molecule has 0 bridgehead atoms.